The fourth-order valence-electron chi connectivity index (χ4n) is 1.11. The molecule has 1 saturated carbocycles. The highest BCUT2D eigenvalue weighted by Crippen LogP contribution is 2.31. The Hall–Kier alpha value is -1.65. The second kappa shape index (κ2) is 3.25. The average molecular weight is 194 g/mol. The van der Waals surface area contributed by atoms with Gasteiger partial charge in [0.25, 0.3) is 5.88 Å². The van der Waals surface area contributed by atoms with Crippen LogP contribution >= 0.6 is 0 Å². The van der Waals surface area contributed by atoms with Crippen molar-refractivity contribution >= 4 is 5.69 Å². The number of rotatable bonds is 3. The van der Waals surface area contributed by atoms with E-state index in [-0.39, 0.29) is 17.7 Å². The summed E-state index contributed by atoms with van der Waals surface area (Å²) in [7, 11) is 0. The summed E-state index contributed by atoms with van der Waals surface area (Å²) in [6.45, 7) is 1.76. The predicted octanol–water partition coefficient (Wildman–Crippen LogP) is 1.84. The molecule has 0 spiro atoms. The number of nitro groups is 1. The maximum atomic E-state index is 10.7. The molecule has 0 radical (unpaired) electrons. The van der Waals surface area contributed by atoms with Crippen LogP contribution in [0, 0.1) is 17.0 Å². The first-order chi connectivity index (χ1) is 6.66. The van der Waals surface area contributed by atoms with Gasteiger partial charge in [0.15, 0.2) is 0 Å². The van der Waals surface area contributed by atoms with E-state index < -0.39 is 4.92 Å². The molecule has 0 unspecified atom stereocenters. The third kappa shape index (κ3) is 1.81. The SMILES string of the molecule is Cc1cnc(OC2CC2)c([N+](=O)[O-])c1. The van der Waals surface area contributed by atoms with Crippen LogP contribution in [0.4, 0.5) is 5.69 Å². The lowest BCUT2D eigenvalue weighted by molar-refractivity contribution is -0.386. The van der Waals surface area contributed by atoms with Crippen LogP contribution in [0.2, 0.25) is 0 Å². The third-order valence-corrected chi connectivity index (χ3v) is 1.97. The van der Waals surface area contributed by atoms with Crippen LogP contribution in [0.3, 0.4) is 0 Å². The Bertz CT molecular complexity index is 374. The second-order valence-corrected chi connectivity index (χ2v) is 3.41. The van der Waals surface area contributed by atoms with Crippen molar-refractivity contribution in [3.8, 4) is 5.88 Å². The van der Waals surface area contributed by atoms with Gasteiger partial charge in [-0.05, 0) is 25.3 Å². The van der Waals surface area contributed by atoms with Crippen molar-refractivity contribution < 1.29 is 9.66 Å². The lowest BCUT2D eigenvalue weighted by atomic mass is 10.3. The Kier molecular flexibility index (Phi) is 2.07. The number of hydrogen-bond acceptors (Lipinski definition) is 4. The lowest BCUT2D eigenvalue weighted by Crippen LogP contribution is -2.02. The summed E-state index contributed by atoms with van der Waals surface area (Å²) >= 11 is 0. The second-order valence-electron chi connectivity index (χ2n) is 3.41. The molecular formula is C9H10N2O3. The maximum Gasteiger partial charge on any atom is 0.331 e. The van der Waals surface area contributed by atoms with Crippen LogP contribution < -0.4 is 4.74 Å². The van der Waals surface area contributed by atoms with Crippen LogP contribution in [0.5, 0.6) is 5.88 Å². The molecule has 14 heavy (non-hydrogen) atoms. The molecule has 74 valence electrons. The van der Waals surface area contributed by atoms with E-state index in [4.69, 9.17) is 4.74 Å². The minimum atomic E-state index is -0.461. The fourth-order valence-corrected chi connectivity index (χ4v) is 1.11. The van der Waals surface area contributed by atoms with E-state index >= 15 is 0 Å². The van der Waals surface area contributed by atoms with Gasteiger partial charge in [-0.1, -0.05) is 0 Å². The fraction of sp³-hybridized carbons (Fsp3) is 0.444. The standard InChI is InChI=1S/C9H10N2O3/c1-6-4-8(11(12)13)9(10-5-6)14-7-2-3-7/h4-5,7H,2-3H2,1H3. The molecular weight excluding hydrogens is 184 g/mol. The van der Waals surface area contributed by atoms with E-state index in [1.165, 1.54) is 6.07 Å². The molecule has 2 rings (SSSR count). The van der Waals surface area contributed by atoms with E-state index in [0.717, 1.165) is 18.4 Å². The van der Waals surface area contributed by atoms with Crippen molar-refractivity contribution in [1.29, 1.82) is 0 Å². The summed E-state index contributed by atoms with van der Waals surface area (Å²) in [6.07, 6.45) is 3.63. The lowest BCUT2D eigenvalue weighted by Gasteiger charge is -2.03. The quantitative estimate of drug-likeness (QED) is 0.544. The van der Waals surface area contributed by atoms with Gasteiger partial charge in [0.2, 0.25) is 0 Å². The van der Waals surface area contributed by atoms with Crippen molar-refractivity contribution in [2.24, 2.45) is 0 Å². The summed E-state index contributed by atoms with van der Waals surface area (Å²) in [5.74, 6) is 0.142. The Balaban J connectivity index is 2.31. The predicted molar refractivity (Wildman–Crippen MR) is 49.3 cm³/mol. The number of aromatic nitrogens is 1. The summed E-state index contributed by atoms with van der Waals surface area (Å²) in [5.41, 5.74) is 0.719. The molecule has 1 fully saturated rings. The van der Waals surface area contributed by atoms with E-state index in [0.29, 0.717) is 0 Å². The van der Waals surface area contributed by atoms with Gasteiger partial charge in [-0.25, -0.2) is 4.98 Å². The third-order valence-electron chi connectivity index (χ3n) is 1.97. The molecule has 5 nitrogen and oxygen atoms in total. The van der Waals surface area contributed by atoms with E-state index in [2.05, 4.69) is 4.98 Å². The number of hydrogen-bond donors (Lipinski definition) is 0. The van der Waals surface area contributed by atoms with Crippen molar-refractivity contribution in [2.75, 3.05) is 0 Å². The van der Waals surface area contributed by atoms with E-state index in [9.17, 15) is 10.1 Å². The van der Waals surface area contributed by atoms with E-state index in [1.54, 1.807) is 13.1 Å². The number of aryl methyl sites for hydroxylation is 1. The molecule has 5 heteroatoms. The molecule has 0 aromatic carbocycles. The maximum absolute atomic E-state index is 10.7. The number of ether oxygens (including phenoxy) is 1. The highest BCUT2D eigenvalue weighted by molar-refractivity contribution is 5.42. The zero-order valence-electron chi connectivity index (χ0n) is 7.77. The Labute approximate surface area is 80.9 Å². The molecule has 0 saturated heterocycles. The van der Waals surface area contributed by atoms with Crippen LogP contribution in [-0.2, 0) is 0 Å². The normalized spacial score (nSPS) is 15.2. The molecule has 1 heterocycles. The van der Waals surface area contributed by atoms with Gasteiger partial charge in [0, 0.05) is 12.3 Å². The molecule has 1 aliphatic rings. The monoisotopic (exact) mass is 194 g/mol. The zero-order chi connectivity index (χ0) is 10.1. The zero-order valence-corrected chi connectivity index (χ0v) is 7.77. The largest absolute Gasteiger partial charge is 0.469 e. The van der Waals surface area contributed by atoms with E-state index in [1.807, 2.05) is 0 Å². The minimum Gasteiger partial charge on any atom is -0.469 e. The van der Waals surface area contributed by atoms with Gasteiger partial charge < -0.3 is 4.74 Å². The van der Waals surface area contributed by atoms with Crippen molar-refractivity contribution in [2.45, 2.75) is 25.9 Å². The Morgan fingerprint density at radius 3 is 2.93 bits per heavy atom. The first-order valence-electron chi connectivity index (χ1n) is 4.44. The molecule has 0 aliphatic heterocycles. The molecule has 0 N–H and O–H groups in total. The van der Waals surface area contributed by atoms with Crippen LogP contribution in [0.1, 0.15) is 18.4 Å². The molecule has 1 aromatic rings. The van der Waals surface area contributed by atoms with Gasteiger partial charge in [-0.15, -0.1) is 0 Å². The van der Waals surface area contributed by atoms with Gasteiger partial charge in [0.05, 0.1) is 4.92 Å². The highest BCUT2D eigenvalue weighted by atomic mass is 16.6. The molecule has 1 aliphatic carbocycles. The molecule has 0 atom stereocenters. The van der Waals surface area contributed by atoms with Crippen molar-refractivity contribution in [3.63, 3.8) is 0 Å². The summed E-state index contributed by atoms with van der Waals surface area (Å²) < 4.78 is 5.32. The minimum absolute atomic E-state index is 0.0445. The van der Waals surface area contributed by atoms with Crippen molar-refractivity contribution in [3.05, 3.63) is 27.9 Å². The summed E-state index contributed by atoms with van der Waals surface area (Å²) in [6, 6.07) is 1.48. The number of nitrogens with zero attached hydrogens (tertiary/aromatic N) is 2. The summed E-state index contributed by atoms with van der Waals surface area (Å²) in [5, 5.41) is 10.7. The summed E-state index contributed by atoms with van der Waals surface area (Å²) in [4.78, 5) is 14.1. The van der Waals surface area contributed by atoms with Gasteiger partial charge >= 0.3 is 5.69 Å². The van der Waals surface area contributed by atoms with Crippen LogP contribution in [0.25, 0.3) is 0 Å². The smallest absolute Gasteiger partial charge is 0.331 e. The molecule has 0 amide bonds. The highest BCUT2D eigenvalue weighted by Gasteiger charge is 2.28. The van der Waals surface area contributed by atoms with Crippen LogP contribution in [0.15, 0.2) is 12.3 Å². The molecule has 1 aromatic heterocycles. The average Bonchev–Trinajstić information content (AvgIpc) is 2.91. The first kappa shape index (κ1) is 8.93. The van der Waals surface area contributed by atoms with Gasteiger partial charge in [-0.3, -0.25) is 10.1 Å². The Morgan fingerprint density at radius 1 is 1.64 bits per heavy atom. The first-order valence-corrected chi connectivity index (χ1v) is 4.44. The van der Waals surface area contributed by atoms with Crippen LogP contribution in [-0.4, -0.2) is 16.0 Å². The van der Waals surface area contributed by atoms with Gasteiger partial charge in [-0.2, -0.15) is 0 Å². The Morgan fingerprint density at radius 2 is 2.36 bits per heavy atom. The number of pyridine rings is 1. The topological polar surface area (TPSA) is 65.3 Å². The van der Waals surface area contributed by atoms with Crippen molar-refractivity contribution in [1.82, 2.24) is 4.98 Å². The molecule has 0 bridgehead atoms. The van der Waals surface area contributed by atoms with Gasteiger partial charge in [0.1, 0.15) is 6.10 Å².